The highest BCUT2D eigenvalue weighted by Gasteiger charge is 2.25. The summed E-state index contributed by atoms with van der Waals surface area (Å²) in [5, 5.41) is 12.4. The van der Waals surface area contributed by atoms with E-state index < -0.39 is 12.0 Å². The molecule has 9 nitrogen and oxygen atoms in total. The van der Waals surface area contributed by atoms with Crippen LogP contribution in [0.25, 0.3) is 0 Å². The first-order chi connectivity index (χ1) is 17.4. The van der Waals surface area contributed by atoms with Crippen molar-refractivity contribution in [3.8, 4) is 5.88 Å². The Morgan fingerprint density at radius 2 is 1.86 bits per heavy atom. The van der Waals surface area contributed by atoms with Gasteiger partial charge in [0.25, 0.3) is 11.8 Å². The lowest BCUT2D eigenvalue weighted by atomic mass is 10.1. The van der Waals surface area contributed by atoms with Crippen molar-refractivity contribution >= 4 is 51.3 Å². The van der Waals surface area contributed by atoms with Crippen molar-refractivity contribution in [3.05, 3.63) is 75.2 Å². The molecular formula is C25H25BrClN5O4. The van der Waals surface area contributed by atoms with E-state index in [1.54, 1.807) is 29.2 Å². The highest BCUT2D eigenvalue weighted by molar-refractivity contribution is 9.10. The molecule has 11 heteroatoms. The number of H-pyrrole nitrogens is 1. The summed E-state index contributed by atoms with van der Waals surface area (Å²) in [6.45, 7) is 1.06. The van der Waals surface area contributed by atoms with Crippen LogP contribution in [0.4, 0.5) is 10.6 Å². The maximum atomic E-state index is 12.8. The van der Waals surface area contributed by atoms with Gasteiger partial charge in [-0.25, -0.2) is 4.79 Å². The van der Waals surface area contributed by atoms with Crippen LogP contribution in [0.3, 0.4) is 0 Å². The molecule has 0 spiro atoms. The van der Waals surface area contributed by atoms with Gasteiger partial charge >= 0.3 is 6.09 Å². The van der Waals surface area contributed by atoms with Crippen LogP contribution in [-0.2, 0) is 11.2 Å². The zero-order valence-electron chi connectivity index (χ0n) is 19.3. The smallest absolute Gasteiger partial charge is 0.388 e. The van der Waals surface area contributed by atoms with Gasteiger partial charge in [-0.1, -0.05) is 54.1 Å². The predicted molar refractivity (Wildman–Crippen MR) is 139 cm³/mol. The molecule has 1 aliphatic heterocycles. The van der Waals surface area contributed by atoms with E-state index in [1.807, 2.05) is 30.3 Å². The Morgan fingerprint density at radius 1 is 1.11 bits per heavy atom. The number of hydrogen-bond acceptors (Lipinski definition) is 5. The maximum absolute atomic E-state index is 12.8. The van der Waals surface area contributed by atoms with Crippen molar-refractivity contribution < 1.29 is 19.1 Å². The number of halogens is 2. The monoisotopic (exact) mass is 573 g/mol. The molecule has 0 aliphatic carbocycles. The van der Waals surface area contributed by atoms with Crippen molar-refractivity contribution in [1.82, 2.24) is 20.4 Å². The highest BCUT2D eigenvalue weighted by Crippen LogP contribution is 2.30. The number of nitrogens with one attached hydrogen (secondary N) is 3. The van der Waals surface area contributed by atoms with Gasteiger partial charge in [0, 0.05) is 19.1 Å². The molecular weight excluding hydrogens is 550 g/mol. The minimum atomic E-state index is -0.700. The fourth-order valence-electron chi connectivity index (χ4n) is 3.94. The zero-order chi connectivity index (χ0) is 25.5. The Balaban J connectivity index is 1.33. The van der Waals surface area contributed by atoms with Crippen molar-refractivity contribution in [2.45, 2.75) is 31.7 Å². The van der Waals surface area contributed by atoms with E-state index >= 15 is 0 Å². The fourth-order valence-corrected chi connectivity index (χ4v) is 4.52. The number of aromatic amines is 1. The van der Waals surface area contributed by atoms with Gasteiger partial charge in [0.05, 0.1) is 17.0 Å². The Kier molecular flexibility index (Phi) is 8.61. The Labute approximate surface area is 221 Å². The predicted octanol–water partition coefficient (Wildman–Crippen LogP) is 4.79. The number of benzene rings is 2. The summed E-state index contributed by atoms with van der Waals surface area (Å²) in [7, 11) is 0. The van der Waals surface area contributed by atoms with E-state index in [2.05, 4.69) is 36.8 Å². The molecule has 3 amide bonds. The molecule has 0 radical (unpaired) electrons. The van der Waals surface area contributed by atoms with Crippen LogP contribution in [-0.4, -0.2) is 52.1 Å². The number of carbonyl (C=O) groups is 3. The molecule has 1 fully saturated rings. The number of nitrogens with zero attached hydrogens (tertiary/aromatic N) is 2. The standard InChI is InChI=1S/C25H25BrClN5O4/c26-21-22(29-23(34)18-11-4-5-12-19(18)27)30-31-24(21)36-25(35)28-17-10-6-7-13-32(15-17)20(33)14-16-8-2-1-3-9-16/h1-5,8-9,11-12,17H,6-7,10,13-15H2,(H,28,35)(H2,29,30,31,34)/t17-/m1/s1. The summed E-state index contributed by atoms with van der Waals surface area (Å²) < 4.78 is 5.63. The lowest BCUT2D eigenvalue weighted by molar-refractivity contribution is -0.130. The summed E-state index contributed by atoms with van der Waals surface area (Å²) in [4.78, 5) is 39.7. The lowest BCUT2D eigenvalue weighted by Crippen LogP contribution is -2.45. The van der Waals surface area contributed by atoms with Gasteiger partial charge in [-0.05, 0) is 52.9 Å². The Hall–Kier alpha value is -3.37. The Bertz CT molecular complexity index is 1240. The second kappa shape index (κ2) is 12.0. The Morgan fingerprint density at radius 3 is 2.64 bits per heavy atom. The minimum Gasteiger partial charge on any atom is -0.388 e. The van der Waals surface area contributed by atoms with Crippen LogP contribution in [0.1, 0.15) is 35.2 Å². The molecule has 1 aliphatic rings. The second-order valence-electron chi connectivity index (χ2n) is 8.38. The number of anilines is 1. The molecule has 188 valence electrons. The lowest BCUT2D eigenvalue weighted by Gasteiger charge is -2.25. The molecule has 0 unspecified atom stereocenters. The van der Waals surface area contributed by atoms with E-state index in [9.17, 15) is 14.4 Å². The van der Waals surface area contributed by atoms with Gasteiger partial charge < -0.3 is 20.3 Å². The van der Waals surface area contributed by atoms with Gasteiger partial charge in [-0.3, -0.25) is 14.7 Å². The third-order valence-corrected chi connectivity index (χ3v) is 6.83. The minimum absolute atomic E-state index is 0.0252. The van der Waals surface area contributed by atoms with Gasteiger partial charge in [-0.2, -0.15) is 0 Å². The summed E-state index contributed by atoms with van der Waals surface area (Å²) in [5.74, 6) is -0.237. The van der Waals surface area contributed by atoms with Crippen LogP contribution in [0, 0.1) is 0 Å². The third-order valence-electron chi connectivity index (χ3n) is 5.77. The highest BCUT2D eigenvalue weighted by atomic mass is 79.9. The van der Waals surface area contributed by atoms with Crippen LogP contribution in [0.5, 0.6) is 5.88 Å². The molecule has 2 aromatic carbocycles. The molecule has 3 aromatic rings. The van der Waals surface area contributed by atoms with Crippen molar-refractivity contribution in [1.29, 1.82) is 0 Å². The molecule has 2 heterocycles. The second-order valence-corrected chi connectivity index (χ2v) is 9.58. The molecule has 1 aromatic heterocycles. The van der Waals surface area contributed by atoms with Gasteiger partial charge in [0.15, 0.2) is 0 Å². The zero-order valence-corrected chi connectivity index (χ0v) is 21.6. The third kappa shape index (κ3) is 6.64. The van der Waals surface area contributed by atoms with E-state index in [4.69, 9.17) is 16.3 Å². The molecule has 3 N–H and O–H groups in total. The fraction of sp³-hybridized carbons (Fsp3) is 0.280. The number of hydrogen-bond donors (Lipinski definition) is 3. The first kappa shape index (κ1) is 25.7. The van der Waals surface area contributed by atoms with Crippen LogP contribution in [0.2, 0.25) is 5.02 Å². The van der Waals surface area contributed by atoms with Crippen LogP contribution >= 0.6 is 27.5 Å². The van der Waals surface area contributed by atoms with Gasteiger partial charge in [0.2, 0.25) is 5.91 Å². The quantitative estimate of drug-likeness (QED) is 0.391. The molecule has 0 saturated carbocycles. The first-order valence-corrected chi connectivity index (χ1v) is 12.7. The van der Waals surface area contributed by atoms with Gasteiger partial charge in [-0.15, -0.1) is 5.10 Å². The summed E-state index contributed by atoms with van der Waals surface area (Å²) in [6.07, 6.45) is 2.09. The molecule has 1 saturated heterocycles. The molecule has 4 rings (SSSR count). The average molecular weight is 575 g/mol. The number of aromatic nitrogens is 2. The summed E-state index contributed by atoms with van der Waals surface area (Å²) in [5.41, 5.74) is 1.25. The SMILES string of the molecule is O=C(N[C@@H]1CCCCN(C(=O)Cc2ccccc2)C1)Oc1n[nH]c(NC(=O)c2ccccc2Cl)c1Br. The summed E-state index contributed by atoms with van der Waals surface area (Å²) in [6, 6.07) is 16.0. The van der Waals surface area contributed by atoms with Crippen molar-refractivity contribution in [2.75, 3.05) is 18.4 Å². The molecule has 1 atom stereocenters. The number of ether oxygens (including phenoxy) is 1. The number of carbonyl (C=O) groups excluding carboxylic acids is 3. The number of rotatable bonds is 6. The van der Waals surface area contributed by atoms with Gasteiger partial charge in [0.1, 0.15) is 10.3 Å². The van der Waals surface area contributed by atoms with E-state index in [1.165, 1.54) is 0 Å². The van der Waals surface area contributed by atoms with Crippen molar-refractivity contribution in [2.24, 2.45) is 0 Å². The molecule has 36 heavy (non-hydrogen) atoms. The van der Waals surface area contributed by atoms with Crippen molar-refractivity contribution in [3.63, 3.8) is 0 Å². The van der Waals surface area contributed by atoms with E-state index in [-0.39, 0.29) is 28.1 Å². The van der Waals surface area contributed by atoms with E-state index in [0.29, 0.717) is 30.1 Å². The average Bonchev–Trinajstić information content (AvgIpc) is 3.05. The normalized spacial score (nSPS) is 15.6. The number of amides is 3. The topological polar surface area (TPSA) is 116 Å². The van der Waals surface area contributed by atoms with Crippen LogP contribution in [0.15, 0.2) is 59.1 Å². The van der Waals surface area contributed by atoms with Crippen LogP contribution < -0.4 is 15.4 Å². The maximum Gasteiger partial charge on any atom is 0.414 e. The number of likely N-dealkylation sites (tertiary alicyclic amines) is 1. The largest absolute Gasteiger partial charge is 0.414 e. The first-order valence-electron chi connectivity index (χ1n) is 11.5. The molecule has 0 bridgehead atoms. The summed E-state index contributed by atoms with van der Waals surface area (Å²) >= 11 is 9.37. The van der Waals surface area contributed by atoms with E-state index in [0.717, 1.165) is 24.8 Å².